The van der Waals surface area contributed by atoms with Gasteiger partial charge in [-0.15, -0.1) is 0 Å². The van der Waals surface area contributed by atoms with E-state index in [-0.39, 0.29) is 0 Å². The van der Waals surface area contributed by atoms with Gasteiger partial charge in [-0.25, -0.2) is 8.42 Å². The second-order valence-electron chi connectivity index (χ2n) is 4.01. The summed E-state index contributed by atoms with van der Waals surface area (Å²) in [5, 5.41) is 0.723. The molecule has 0 radical (unpaired) electrons. The minimum absolute atomic E-state index is 0.318. The molecular formula is C14H11NO2S. The van der Waals surface area contributed by atoms with Gasteiger partial charge in [-0.2, -0.15) is 0 Å². The largest absolute Gasteiger partial charge is 0.361 e. The van der Waals surface area contributed by atoms with E-state index in [1.54, 1.807) is 54.7 Å². The number of nitrogens with one attached hydrogen (secondary N) is 1. The molecule has 1 heterocycles. The zero-order valence-electron chi connectivity index (χ0n) is 9.50. The summed E-state index contributed by atoms with van der Waals surface area (Å²) in [4.78, 5) is 3.68. The minimum Gasteiger partial charge on any atom is -0.361 e. The van der Waals surface area contributed by atoms with Gasteiger partial charge in [0.15, 0.2) is 0 Å². The summed E-state index contributed by atoms with van der Waals surface area (Å²) in [6.45, 7) is 0. The highest BCUT2D eigenvalue weighted by Crippen LogP contribution is 2.27. The molecule has 0 aliphatic carbocycles. The van der Waals surface area contributed by atoms with Gasteiger partial charge in [-0.1, -0.05) is 24.3 Å². The van der Waals surface area contributed by atoms with Crippen molar-refractivity contribution in [3.05, 3.63) is 60.8 Å². The van der Waals surface area contributed by atoms with Gasteiger partial charge in [0, 0.05) is 17.1 Å². The molecule has 3 aromatic rings. The van der Waals surface area contributed by atoms with Crippen molar-refractivity contribution in [2.45, 2.75) is 9.79 Å². The van der Waals surface area contributed by atoms with Crippen LogP contribution in [0.3, 0.4) is 0 Å². The van der Waals surface area contributed by atoms with E-state index < -0.39 is 9.84 Å². The van der Waals surface area contributed by atoms with Gasteiger partial charge in [0.1, 0.15) is 0 Å². The van der Waals surface area contributed by atoms with E-state index in [0.29, 0.717) is 9.79 Å². The van der Waals surface area contributed by atoms with E-state index in [1.807, 2.05) is 6.07 Å². The molecule has 0 aliphatic rings. The van der Waals surface area contributed by atoms with Crippen LogP contribution in [0.5, 0.6) is 0 Å². The predicted octanol–water partition coefficient (Wildman–Crippen LogP) is 3.00. The Morgan fingerprint density at radius 3 is 2.39 bits per heavy atom. The molecule has 0 unspecified atom stereocenters. The van der Waals surface area contributed by atoms with Crippen molar-refractivity contribution < 1.29 is 8.42 Å². The topological polar surface area (TPSA) is 49.9 Å². The van der Waals surface area contributed by atoms with Gasteiger partial charge in [-0.05, 0) is 30.3 Å². The molecule has 0 amide bonds. The van der Waals surface area contributed by atoms with Crippen molar-refractivity contribution in [2.75, 3.05) is 0 Å². The lowest BCUT2D eigenvalue weighted by Gasteiger charge is -2.05. The number of hydrogen-bond acceptors (Lipinski definition) is 2. The van der Waals surface area contributed by atoms with Crippen LogP contribution < -0.4 is 0 Å². The average molecular weight is 257 g/mol. The van der Waals surface area contributed by atoms with Crippen LogP contribution in [0, 0.1) is 0 Å². The van der Waals surface area contributed by atoms with Crippen LogP contribution in [0.1, 0.15) is 0 Å². The van der Waals surface area contributed by atoms with Crippen molar-refractivity contribution in [3.8, 4) is 0 Å². The lowest BCUT2D eigenvalue weighted by molar-refractivity contribution is 0.597. The highest BCUT2D eigenvalue weighted by molar-refractivity contribution is 7.91. The highest BCUT2D eigenvalue weighted by atomic mass is 32.2. The Labute approximate surface area is 105 Å². The summed E-state index contributed by atoms with van der Waals surface area (Å²) in [6, 6.07) is 15.5. The summed E-state index contributed by atoms with van der Waals surface area (Å²) >= 11 is 0. The quantitative estimate of drug-likeness (QED) is 0.767. The zero-order chi connectivity index (χ0) is 12.6. The Morgan fingerprint density at radius 2 is 1.61 bits per heavy atom. The number of rotatable bonds is 2. The first-order valence-electron chi connectivity index (χ1n) is 5.56. The lowest BCUT2D eigenvalue weighted by atomic mass is 10.2. The third-order valence-corrected chi connectivity index (χ3v) is 4.73. The average Bonchev–Trinajstić information content (AvgIpc) is 2.87. The maximum atomic E-state index is 12.5. The van der Waals surface area contributed by atoms with Crippen LogP contribution in [0.4, 0.5) is 0 Å². The maximum absolute atomic E-state index is 12.5. The molecule has 0 bridgehead atoms. The third-order valence-electron chi connectivity index (χ3n) is 2.90. The summed E-state index contributed by atoms with van der Waals surface area (Å²) in [5.41, 5.74) is 0.826. The zero-order valence-corrected chi connectivity index (χ0v) is 10.3. The number of benzene rings is 2. The molecule has 0 fully saturated rings. The number of sulfone groups is 1. The van der Waals surface area contributed by atoms with Gasteiger partial charge in [0.2, 0.25) is 9.84 Å². The van der Waals surface area contributed by atoms with Crippen molar-refractivity contribution in [2.24, 2.45) is 0 Å². The van der Waals surface area contributed by atoms with Crippen LogP contribution in [-0.2, 0) is 9.84 Å². The van der Waals surface area contributed by atoms with Crippen LogP contribution >= 0.6 is 0 Å². The Balaban J connectivity index is 2.30. The molecule has 0 saturated carbocycles. The summed E-state index contributed by atoms with van der Waals surface area (Å²) in [6.07, 6.45) is 1.74. The van der Waals surface area contributed by atoms with Crippen LogP contribution in [-0.4, -0.2) is 13.4 Å². The van der Waals surface area contributed by atoms with Gasteiger partial charge >= 0.3 is 0 Å². The van der Waals surface area contributed by atoms with E-state index in [2.05, 4.69) is 4.98 Å². The number of H-pyrrole nitrogens is 1. The third kappa shape index (κ3) is 1.62. The molecule has 3 nitrogen and oxygen atoms in total. The molecule has 18 heavy (non-hydrogen) atoms. The van der Waals surface area contributed by atoms with E-state index in [9.17, 15) is 8.42 Å². The number of aromatic nitrogens is 1. The van der Waals surface area contributed by atoms with Gasteiger partial charge in [-0.3, -0.25) is 0 Å². The van der Waals surface area contributed by atoms with Crippen LogP contribution in [0.2, 0.25) is 0 Å². The Kier molecular flexibility index (Phi) is 2.45. The minimum atomic E-state index is -3.46. The molecule has 0 saturated heterocycles. The van der Waals surface area contributed by atoms with Crippen molar-refractivity contribution in [3.63, 3.8) is 0 Å². The first-order chi connectivity index (χ1) is 8.69. The van der Waals surface area contributed by atoms with Crippen molar-refractivity contribution in [1.29, 1.82) is 0 Å². The Hall–Kier alpha value is -2.07. The first-order valence-corrected chi connectivity index (χ1v) is 7.04. The van der Waals surface area contributed by atoms with E-state index >= 15 is 0 Å². The summed E-state index contributed by atoms with van der Waals surface area (Å²) in [7, 11) is -3.46. The van der Waals surface area contributed by atoms with Crippen molar-refractivity contribution >= 4 is 20.7 Å². The molecule has 3 rings (SSSR count). The van der Waals surface area contributed by atoms with Crippen molar-refractivity contribution in [1.82, 2.24) is 4.98 Å². The monoisotopic (exact) mass is 257 g/mol. The van der Waals surface area contributed by atoms with Gasteiger partial charge in [0.25, 0.3) is 0 Å². The molecule has 0 atom stereocenters. The second kappa shape index (κ2) is 3.99. The second-order valence-corrected chi connectivity index (χ2v) is 5.93. The fourth-order valence-electron chi connectivity index (χ4n) is 2.02. The SMILES string of the molecule is O=S(=O)(c1ccccc1)c1cccc2[nH]ccc12. The van der Waals surface area contributed by atoms with Gasteiger partial charge in [0.05, 0.1) is 9.79 Å². The smallest absolute Gasteiger partial charge is 0.207 e. The fourth-order valence-corrected chi connectivity index (χ4v) is 3.51. The fraction of sp³-hybridized carbons (Fsp3) is 0. The molecule has 1 N–H and O–H groups in total. The van der Waals surface area contributed by atoms with Crippen LogP contribution in [0.15, 0.2) is 70.6 Å². The lowest BCUT2D eigenvalue weighted by Crippen LogP contribution is -2.01. The normalized spacial score (nSPS) is 11.8. The standard InChI is InChI=1S/C14H11NO2S/c16-18(17,11-5-2-1-3-6-11)14-8-4-7-13-12(14)9-10-15-13/h1-10,15H. The van der Waals surface area contributed by atoms with E-state index in [1.165, 1.54) is 0 Å². The molecule has 90 valence electrons. The molecule has 2 aromatic carbocycles. The first kappa shape index (κ1) is 11.0. The maximum Gasteiger partial charge on any atom is 0.207 e. The van der Waals surface area contributed by atoms with E-state index in [4.69, 9.17) is 0 Å². The molecule has 4 heteroatoms. The molecule has 0 aliphatic heterocycles. The van der Waals surface area contributed by atoms with Gasteiger partial charge < -0.3 is 4.98 Å². The number of fused-ring (bicyclic) bond motifs is 1. The molecule has 1 aromatic heterocycles. The summed E-state index contributed by atoms with van der Waals surface area (Å²) < 4.78 is 25.1. The molecular weight excluding hydrogens is 246 g/mol. The Morgan fingerprint density at radius 1 is 0.833 bits per heavy atom. The Bertz CT molecular complexity index is 789. The number of aromatic amines is 1. The number of hydrogen-bond donors (Lipinski definition) is 1. The highest BCUT2D eigenvalue weighted by Gasteiger charge is 2.19. The summed E-state index contributed by atoms with van der Waals surface area (Å²) in [5.74, 6) is 0. The van der Waals surface area contributed by atoms with Crippen LogP contribution in [0.25, 0.3) is 10.9 Å². The molecule has 0 spiro atoms. The van der Waals surface area contributed by atoms with E-state index in [0.717, 1.165) is 10.9 Å². The predicted molar refractivity (Wildman–Crippen MR) is 70.2 cm³/mol.